The smallest absolute Gasteiger partial charge is 0.266 e. The molecular weight excluding hydrogens is 490 g/mol. The molecule has 0 fully saturated rings. The number of para-hydroxylation sites is 2. The molecule has 11 heteroatoms. The largest absolute Gasteiger partial charge is 0.356 e. The molecule has 3 aromatic rings. The summed E-state index contributed by atoms with van der Waals surface area (Å²) in [7, 11) is -4.38. The topological polar surface area (TPSA) is 132 Å². The van der Waals surface area contributed by atoms with Gasteiger partial charge in [-0.15, -0.1) is 0 Å². The van der Waals surface area contributed by atoms with Gasteiger partial charge in [-0.1, -0.05) is 23.7 Å². The number of carbonyl (C=O) groups excluding carboxylic acids is 2. The number of pyridine rings is 1. The maximum Gasteiger partial charge on any atom is 0.266 e. The van der Waals surface area contributed by atoms with Gasteiger partial charge in [-0.05, 0) is 54.4 Å². The Labute approximate surface area is 207 Å². The summed E-state index contributed by atoms with van der Waals surface area (Å²) in [5.41, 5.74) is 1.67. The number of amides is 2. The molecule has 1 atom stereocenters. The SMILES string of the molecule is N#Cc1ccc(S(=O)(=O)N2c3ccccc3NC(=O)[C@H]2CC(=O)NCCc2ccncc2)c(Cl)c1. The first-order chi connectivity index (χ1) is 16.8. The summed E-state index contributed by atoms with van der Waals surface area (Å²) in [6, 6.07) is 14.4. The molecule has 1 aliphatic rings. The van der Waals surface area contributed by atoms with E-state index in [0.29, 0.717) is 18.7 Å². The van der Waals surface area contributed by atoms with E-state index < -0.39 is 34.3 Å². The van der Waals surface area contributed by atoms with Crippen LogP contribution in [0.2, 0.25) is 5.02 Å². The summed E-state index contributed by atoms with van der Waals surface area (Å²) >= 11 is 6.21. The van der Waals surface area contributed by atoms with Crippen molar-refractivity contribution < 1.29 is 18.0 Å². The quantitative estimate of drug-likeness (QED) is 0.503. The summed E-state index contributed by atoms with van der Waals surface area (Å²) < 4.78 is 28.4. The van der Waals surface area contributed by atoms with Crippen molar-refractivity contribution in [1.82, 2.24) is 10.3 Å². The molecule has 2 heterocycles. The van der Waals surface area contributed by atoms with Gasteiger partial charge >= 0.3 is 0 Å². The zero-order chi connectivity index (χ0) is 25.0. The van der Waals surface area contributed by atoms with Gasteiger partial charge in [0.15, 0.2) is 0 Å². The zero-order valence-electron chi connectivity index (χ0n) is 18.3. The first-order valence-corrected chi connectivity index (χ1v) is 12.4. The molecule has 9 nitrogen and oxygen atoms in total. The molecule has 2 amide bonds. The zero-order valence-corrected chi connectivity index (χ0v) is 19.9. The minimum Gasteiger partial charge on any atom is -0.356 e. The summed E-state index contributed by atoms with van der Waals surface area (Å²) in [6.07, 6.45) is 3.45. The van der Waals surface area contributed by atoms with Crippen LogP contribution < -0.4 is 14.9 Å². The van der Waals surface area contributed by atoms with Crippen LogP contribution in [-0.4, -0.2) is 37.8 Å². The molecule has 1 aliphatic heterocycles. The first-order valence-electron chi connectivity index (χ1n) is 10.6. The van der Waals surface area contributed by atoms with Gasteiger partial charge in [-0.3, -0.25) is 18.9 Å². The number of rotatable bonds is 7. The number of nitrogens with one attached hydrogen (secondary N) is 2. The normalized spacial score (nSPS) is 15.0. The fourth-order valence-corrected chi connectivity index (χ4v) is 5.92. The van der Waals surface area contributed by atoms with Gasteiger partial charge in [0, 0.05) is 18.9 Å². The number of sulfonamides is 1. The second-order valence-electron chi connectivity index (χ2n) is 7.74. The monoisotopic (exact) mass is 509 g/mol. The van der Waals surface area contributed by atoms with E-state index in [-0.39, 0.29) is 21.2 Å². The predicted molar refractivity (Wildman–Crippen MR) is 130 cm³/mol. The number of hydrogen-bond donors (Lipinski definition) is 2. The average Bonchev–Trinajstić information content (AvgIpc) is 2.84. The molecule has 178 valence electrons. The molecule has 2 N–H and O–H groups in total. The number of fused-ring (bicyclic) bond motifs is 1. The lowest BCUT2D eigenvalue weighted by atomic mass is 10.1. The molecule has 4 rings (SSSR count). The van der Waals surface area contributed by atoms with Crippen molar-refractivity contribution in [3.05, 3.63) is 83.1 Å². The van der Waals surface area contributed by atoms with Gasteiger partial charge in [-0.2, -0.15) is 5.26 Å². The van der Waals surface area contributed by atoms with E-state index in [9.17, 15) is 18.0 Å². The molecule has 2 aromatic carbocycles. The van der Waals surface area contributed by atoms with Crippen molar-refractivity contribution in [2.24, 2.45) is 0 Å². The number of halogens is 1. The van der Waals surface area contributed by atoms with E-state index in [1.165, 1.54) is 24.3 Å². The Morgan fingerprint density at radius 2 is 1.91 bits per heavy atom. The van der Waals surface area contributed by atoms with E-state index in [0.717, 1.165) is 9.87 Å². The minimum atomic E-state index is -4.38. The first kappa shape index (κ1) is 24.2. The highest BCUT2D eigenvalue weighted by Crippen LogP contribution is 2.38. The number of nitrogens with zero attached hydrogens (tertiary/aromatic N) is 3. The molecule has 0 saturated heterocycles. The molecule has 1 aromatic heterocycles. The van der Waals surface area contributed by atoms with Crippen molar-refractivity contribution in [2.45, 2.75) is 23.8 Å². The van der Waals surface area contributed by atoms with Gasteiger partial charge in [0.25, 0.3) is 10.0 Å². The predicted octanol–water partition coefficient (Wildman–Crippen LogP) is 2.87. The molecule has 0 saturated carbocycles. The minimum absolute atomic E-state index is 0.159. The molecule has 35 heavy (non-hydrogen) atoms. The highest BCUT2D eigenvalue weighted by molar-refractivity contribution is 7.93. The second kappa shape index (κ2) is 10.1. The van der Waals surface area contributed by atoms with Gasteiger partial charge in [0.1, 0.15) is 10.9 Å². The van der Waals surface area contributed by atoms with Gasteiger partial charge in [0.2, 0.25) is 11.8 Å². The average molecular weight is 510 g/mol. The van der Waals surface area contributed by atoms with E-state index in [4.69, 9.17) is 16.9 Å². The Kier molecular flexibility index (Phi) is 7.00. The van der Waals surface area contributed by atoms with Gasteiger partial charge in [-0.25, -0.2) is 8.42 Å². The van der Waals surface area contributed by atoms with Crippen LogP contribution in [0.4, 0.5) is 11.4 Å². The number of nitriles is 1. The lowest BCUT2D eigenvalue weighted by Gasteiger charge is -2.36. The molecule has 0 aliphatic carbocycles. The Morgan fingerprint density at radius 1 is 1.17 bits per heavy atom. The standard InChI is InChI=1S/C24H20ClN5O4S/c25-18-13-17(15-26)5-6-22(18)35(33,34)30-20-4-2-1-3-19(20)29-24(32)21(30)14-23(31)28-12-9-16-7-10-27-11-8-16/h1-8,10-11,13,21H,9,12,14H2,(H,28,31)(H,29,32)/t21-/m1/s1. The van der Waals surface area contributed by atoms with Crippen LogP contribution in [0.1, 0.15) is 17.5 Å². The summed E-state index contributed by atoms with van der Waals surface area (Å²) in [6.45, 7) is 0.308. The Hall–Kier alpha value is -3.94. The number of anilines is 2. The van der Waals surface area contributed by atoms with Crippen LogP contribution in [-0.2, 0) is 26.0 Å². The van der Waals surface area contributed by atoms with Crippen molar-refractivity contribution in [2.75, 3.05) is 16.2 Å². The number of carbonyl (C=O) groups is 2. The van der Waals surface area contributed by atoms with E-state index in [2.05, 4.69) is 15.6 Å². The fourth-order valence-electron chi connectivity index (χ4n) is 3.76. The Balaban J connectivity index is 1.63. The fraction of sp³-hybridized carbons (Fsp3) is 0.167. The third-order valence-electron chi connectivity index (χ3n) is 5.45. The van der Waals surface area contributed by atoms with Crippen LogP contribution in [0, 0.1) is 11.3 Å². The Bertz CT molecular complexity index is 1420. The number of benzene rings is 2. The highest BCUT2D eigenvalue weighted by atomic mass is 35.5. The number of aromatic nitrogens is 1. The lowest BCUT2D eigenvalue weighted by Crippen LogP contribution is -2.52. The van der Waals surface area contributed by atoms with Crippen LogP contribution in [0.15, 0.2) is 71.9 Å². The summed E-state index contributed by atoms with van der Waals surface area (Å²) in [5, 5.41) is 14.3. The van der Waals surface area contributed by atoms with E-state index in [1.807, 2.05) is 18.2 Å². The van der Waals surface area contributed by atoms with Crippen LogP contribution >= 0.6 is 11.6 Å². The Morgan fingerprint density at radius 3 is 2.63 bits per heavy atom. The van der Waals surface area contributed by atoms with Crippen molar-refractivity contribution in [3.8, 4) is 6.07 Å². The van der Waals surface area contributed by atoms with Crippen molar-refractivity contribution >= 4 is 44.8 Å². The molecular formula is C24H20ClN5O4S. The number of hydrogen-bond acceptors (Lipinski definition) is 6. The van der Waals surface area contributed by atoms with Gasteiger partial charge in [0.05, 0.1) is 34.5 Å². The third-order valence-corrected chi connectivity index (χ3v) is 7.75. The molecule has 0 spiro atoms. The molecule has 0 radical (unpaired) electrons. The van der Waals surface area contributed by atoms with Crippen molar-refractivity contribution in [3.63, 3.8) is 0 Å². The maximum atomic E-state index is 13.7. The molecule has 0 unspecified atom stereocenters. The lowest BCUT2D eigenvalue weighted by molar-refractivity contribution is -0.125. The van der Waals surface area contributed by atoms with Crippen LogP contribution in [0.25, 0.3) is 0 Å². The molecule has 0 bridgehead atoms. The third kappa shape index (κ3) is 5.11. The summed E-state index contributed by atoms with van der Waals surface area (Å²) in [5.74, 6) is -1.12. The van der Waals surface area contributed by atoms with Crippen LogP contribution in [0.5, 0.6) is 0 Å². The van der Waals surface area contributed by atoms with Crippen molar-refractivity contribution in [1.29, 1.82) is 5.26 Å². The highest BCUT2D eigenvalue weighted by Gasteiger charge is 2.42. The maximum absolute atomic E-state index is 13.7. The summed E-state index contributed by atoms with van der Waals surface area (Å²) in [4.78, 5) is 29.4. The van der Waals surface area contributed by atoms with E-state index >= 15 is 0 Å². The van der Waals surface area contributed by atoms with Gasteiger partial charge < -0.3 is 10.6 Å². The van der Waals surface area contributed by atoms with E-state index in [1.54, 1.807) is 30.6 Å². The second-order valence-corrected chi connectivity index (χ2v) is 9.93. The van der Waals surface area contributed by atoms with Crippen LogP contribution in [0.3, 0.4) is 0 Å².